The van der Waals surface area contributed by atoms with E-state index in [0.717, 1.165) is 11.3 Å². The Labute approximate surface area is 463 Å². The van der Waals surface area contributed by atoms with Gasteiger partial charge in [0, 0.05) is 13.0 Å². The Morgan fingerprint density at radius 2 is 1.29 bits per heavy atom. The monoisotopic (exact) mass is 1100 g/mol. The fourth-order valence-electron chi connectivity index (χ4n) is 10.3. The zero-order valence-electron chi connectivity index (χ0n) is 50.5. The molecule has 5 rings (SSSR count). The van der Waals surface area contributed by atoms with Crippen molar-refractivity contribution in [2.75, 3.05) is 13.7 Å². The van der Waals surface area contributed by atoms with E-state index in [9.17, 15) is 0 Å². The molecule has 0 unspecified atom stereocenters. The molecule has 0 radical (unpaired) electrons. The van der Waals surface area contributed by atoms with Crippen molar-refractivity contribution in [2.45, 2.75) is 219 Å². The maximum Gasteiger partial charge on any atom is 0.311 e. The minimum atomic E-state index is -2.87. The molecule has 2 aliphatic heterocycles. The number of benzene rings is 3. The van der Waals surface area contributed by atoms with Crippen LogP contribution in [0.3, 0.4) is 0 Å². The first-order valence-corrected chi connectivity index (χ1v) is 35.8. The number of hydrogen-bond donors (Lipinski definition) is 0. The standard InChI is InChI=1S/C63H100O10Si3/c1-23-44(4)45(5)55(66-42-47-35-37-48(65-18)38-36-47)56(73-75(21,22)61(10,11)12)46(6)59(64)69-52-40-53(58-51(24-2)70-63(16,17)71-58)68-57(52)54(72-74(19,20)60(7,8)9)39-43(3)41-67-76(62(13,14)15,49-31-27-25-28-32-49)50-33-29-26-30-34-50/h23-38,43-46,51-58H,1-2,39-42H2,3-22H3/t43-,44-,45+,46+,51+,52-,53+,54+,55-,56+,57-,58+/m1/s1. The predicted molar refractivity (Wildman–Crippen MR) is 318 cm³/mol. The first kappa shape index (κ1) is 63.6. The van der Waals surface area contributed by atoms with Gasteiger partial charge in [-0.1, -0.05) is 168 Å². The lowest BCUT2D eigenvalue weighted by molar-refractivity contribution is -0.171. The minimum Gasteiger partial charge on any atom is -0.497 e. The Kier molecular flexibility index (Phi) is 21.3. The molecule has 0 spiro atoms. The van der Waals surface area contributed by atoms with Crippen LogP contribution < -0.4 is 15.1 Å². The lowest BCUT2D eigenvalue weighted by Gasteiger charge is -2.45. The smallest absolute Gasteiger partial charge is 0.311 e. The second-order valence-corrected chi connectivity index (χ2v) is 40.4. The molecule has 2 saturated heterocycles. The molecule has 0 N–H and O–H groups in total. The van der Waals surface area contributed by atoms with Gasteiger partial charge in [0.15, 0.2) is 22.4 Å². The van der Waals surface area contributed by atoms with Crippen LogP contribution in [0.2, 0.25) is 41.3 Å². The van der Waals surface area contributed by atoms with Gasteiger partial charge in [0.05, 0.1) is 44.1 Å². The highest BCUT2D eigenvalue weighted by Gasteiger charge is 2.55. The van der Waals surface area contributed by atoms with Crippen molar-refractivity contribution in [1.82, 2.24) is 0 Å². The zero-order valence-corrected chi connectivity index (χ0v) is 53.5. The van der Waals surface area contributed by atoms with Crippen LogP contribution in [0.5, 0.6) is 5.75 Å². The first-order valence-electron chi connectivity index (χ1n) is 28.0. The van der Waals surface area contributed by atoms with Gasteiger partial charge in [0.1, 0.15) is 30.2 Å². The molecule has 0 aromatic heterocycles. The van der Waals surface area contributed by atoms with Crippen LogP contribution >= 0.6 is 0 Å². The van der Waals surface area contributed by atoms with Crippen molar-refractivity contribution in [1.29, 1.82) is 0 Å². The number of esters is 1. The van der Waals surface area contributed by atoms with Crippen LogP contribution in [0.15, 0.2) is 110 Å². The normalized spacial score (nSPS) is 23.4. The Hall–Kier alpha value is -3.22. The molecule has 12 atom stereocenters. The number of carbonyl (C=O) groups excluding carboxylic acids is 1. The third-order valence-corrected chi connectivity index (χ3v) is 31.2. The molecule has 0 saturated carbocycles. The van der Waals surface area contributed by atoms with Gasteiger partial charge in [-0.05, 0) is 114 Å². The van der Waals surface area contributed by atoms with E-state index in [-0.39, 0.29) is 38.8 Å². The highest BCUT2D eigenvalue weighted by Crippen LogP contribution is 2.45. The number of carbonyl (C=O) groups is 1. The Morgan fingerprint density at radius 1 is 0.750 bits per heavy atom. The lowest BCUT2D eigenvalue weighted by Crippen LogP contribution is -2.66. The molecule has 2 heterocycles. The molecule has 2 fully saturated rings. The van der Waals surface area contributed by atoms with Crippen molar-refractivity contribution < 1.29 is 46.5 Å². The van der Waals surface area contributed by atoms with E-state index in [2.05, 4.69) is 183 Å². The van der Waals surface area contributed by atoms with Crippen molar-refractivity contribution in [3.05, 3.63) is 116 Å². The summed E-state index contributed by atoms with van der Waals surface area (Å²) in [5.41, 5.74) is 0.987. The van der Waals surface area contributed by atoms with Crippen LogP contribution in [-0.2, 0) is 48.4 Å². The topological polar surface area (TPSA) is 100 Å². The van der Waals surface area contributed by atoms with E-state index < -0.39 is 85.5 Å². The number of rotatable bonds is 25. The van der Waals surface area contributed by atoms with Gasteiger partial charge in [-0.3, -0.25) is 4.79 Å². The van der Waals surface area contributed by atoms with E-state index >= 15 is 4.79 Å². The molecule has 0 aliphatic carbocycles. The average Bonchev–Trinajstić information content (AvgIpc) is 3.91. The van der Waals surface area contributed by atoms with E-state index in [1.807, 2.05) is 51.1 Å². The van der Waals surface area contributed by atoms with Gasteiger partial charge < -0.3 is 41.7 Å². The number of hydrogen-bond acceptors (Lipinski definition) is 10. The summed E-state index contributed by atoms with van der Waals surface area (Å²) in [4.78, 5) is 15.5. The largest absolute Gasteiger partial charge is 0.497 e. The van der Waals surface area contributed by atoms with E-state index in [1.54, 1.807) is 13.2 Å². The van der Waals surface area contributed by atoms with Crippen LogP contribution in [0, 0.1) is 23.7 Å². The van der Waals surface area contributed by atoms with Gasteiger partial charge >= 0.3 is 5.97 Å². The van der Waals surface area contributed by atoms with Gasteiger partial charge in [-0.25, -0.2) is 0 Å². The van der Waals surface area contributed by atoms with Crippen molar-refractivity contribution in [3.63, 3.8) is 0 Å². The Morgan fingerprint density at radius 3 is 1.78 bits per heavy atom. The molecule has 2 aliphatic rings. The van der Waals surface area contributed by atoms with E-state index in [4.69, 9.17) is 41.7 Å². The fraction of sp³-hybridized carbons (Fsp3) is 0.635. The molecule has 0 amide bonds. The van der Waals surface area contributed by atoms with E-state index in [1.165, 1.54) is 10.4 Å². The highest BCUT2D eigenvalue weighted by atomic mass is 28.4. The quantitative estimate of drug-likeness (QED) is 0.0463. The maximum absolute atomic E-state index is 15.5. The van der Waals surface area contributed by atoms with Crippen LogP contribution in [-0.4, -0.2) is 99.3 Å². The third-order valence-electron chi connectivity index (χ3n) is 17.2. The lowest BCUT2D eigenvalue weighted by atomic mass is 9.84. The molecular weight excluding hydrogens is 1000 g/mol. The summed E-state index contributed by atoms with van der Waals surface area (Å²) in [7, 11) is -6.26. The second-order valence-electron chi connectivity index (χ2n) is 26.6. The summed E-state index contributed by atoms with van der Waals surface area (Å²) in [5.74, 6) is -1.22. The fourth-order valence-corrected chi connectivity index (χ4v) is 17.7. The van der Waals surface area contributed by atoms with Crippen molar-refractivity contribution >= 4 is 41.3 Å². The zero-order chi connectivity index (χ0) is 56.8. The predicted octanol–water partition coefficient (Wildman–Crippen LogP) is 13.8. The number of ether oxygens (including phenoxy) is 6. The molecule has 424 valence electrons. The summed E-state index contributed by atoms with van der Waals surface area (Å²) in [6.07, 6.45) is 0.309. The summed E-state index contributed by atoms with van der Waals surface area (Å²) in [6, 6.07) is 29.4. The summed E-state index contributed by atoms with van der Waals surface area (Å²) in [6.45, 7) is 50.8. The second kappa shape index (κ2) is 25.5. The molecule has 10 nitrogen and oxygen atoms in total. The minimum absolute atomic E-state index is 0.0135. The highest BCUT2D eigenvalue weighted by molar-refractivity contribution is 6.99. The Bertz CT molecular complexity index is 2260. The van der Waals surface area contributed by atoms with Gasteiger partial charge in [-0.15, -0.1) is 13.2 Å². The van der Waals surface area contributed by atoms with Crippen molar-refractivity contribution in [3.8, 4) is 5.75 Å². The van der Waals surface area contributed by atoms with Crippen LogP contribution in [0.1, 0.15) is 122 Å². The SMILES string of the molecule is C=C[C@@H](C)[C@H](C)[C@@H](OCc1ccc(OC)cc1)[C@@H](O[Si](C)(C)C(C)(C)C)[C@H](C)C(=O)O[C@@H]1C[C@@H]([C@H]2OC(C)(C)O[C@H]2C=C)O[C@H]1[C@H](C[C@@H](C)CO[Si](c1ccccc1)(c1ccccc1)C(C)(C)C)O[Si](C)(C)C(C)(C)C. The van der Waals surface area contributed by atoms with Crippen LogP contribution in [0.4, 0.5) is 0 Å². The molecule has 3 aromatic carbocycles. The first-order chi connectivity index (χ1) is 35.2. The van der Waals surface area contributed by atoms with Gasteiger partial charge in [0.2, 0.25) is 0 Å². The van der Waals surface area contributed by atoms with Gasteiger partial charge in [-0.2, -0.15) is 0 Å². The third kappa shape index (κ3) is 15.2. The van der Waals surface area contributed by atoms with E-state index in [0.29, 0.717) is 26.1 Å². The van der Waals surface area contributed by atoms with Crippen LogP contribution in [0.25, 0.3) is 0 Å². The van der Waals surface area contributed by atoms with Gasteiger partial charge in [0.25, 0.3) is 8.32 Å². The summed E-state index contributed by atoms with van der Waals surface area (Å²) in [5, 5.41) is 1.97. The average molecular weight is 1100 g/mol. The van der Waals surface area contributed by atoms with Crippen molar-refractivity contribution in [2.24, 2.45) is 23.7 Å². The Balaban J connectivity index is 1.58. The molecule has 13 heteroatoms. The molecule has 0 bridgehead atoms. The molecule has 76 heavy (non-hydrogen) atoms. The summed E-state index contributed by atoms with van der Waals surface area (Å²) < 4.78 is 62.3. The maximum atomic E-state index is 15.5. The summed E-state index contributed by atoms with van der Waals surface area (Å²) >= 11 is 0. The number of allylic oxidation sites excluding steroid dienone is 1. The molecule has 3 aromatic rings. The number of methoxy groups -OCH3 is 1. The molecular formula is C63H100O10Si3.